The van der Waals surface area contributed by atoms with Crippen LogP contribution in [0.3, 0.4) is 0 Å². The van der Waals surface area contributed by atoms with Crippen LogP contribution in [0.25, 0.3) is 0 Å². The van der Waals surface area contributed by atoms with Gasteiger partial charge in [-0.25, -0.2) is 0 Å². The third-order valence-corrected chi connectivity index (χ3v) is 2.75. The minimum atomic E-state index is -0.301. The van der Waals surface area contributed by atoms with E-state index >= 15 is 0 Å². The second-order valence-corrected chi connectivity index (χ2v) is 4.16. The Morgan fingerprint density at radius 2 is 2.11 bits per heavy atom. The lowest BCUT2D eigenvalue weighted by Gasteiger charge is -2.25. The lowest BCUT2D eigenvalue weighted by Crippen LogP contribution is -2.42. The third-order valence-electron chi connectivity index (χ3n) is 2.75. The van der Waals surface area contributed by atoms with Gasteiger partial charge in [-0.05, 0) is 32.0 Å². The summed E-state index contributed by atoms with van der Waals surface area (Å²) in [6.07, 6.45) is 0.921. The molecule has 1 aromatic carbocycles. The van der Waals surface area contributed by atoms with Crippen LogP contribution in [0, 0.1) is 11.3 Å². The summed E-state index contributed by atoms with van der Waals surface area (Å²) in [7, 11) is 0. The highest BCUT2D eigenvalue weighted by Crippen LogP contribution is 2.08. The molecule has 1 rings (SSSR count). The minimum Gasteiger partial charge on any atom is -0.325 e. The smallest absolute Gasteiger partial charge is 0.241 e. The molecule has 4 nitrogen and oxygen atoms in total. The number of nitriles is 1. The summed E-state index contributed by atoms with van der Waals surface area (Å²) < 4.78 is 0. The van der Waals surface area contributed by atoms with Gasteiger partial charge >= 0.3 is 0 Å². The fourth-order valence-electron chi connectivity index (χ4n) is 1.72. The average molecular weight is 245 g/mol. The van der Waals surface area contributed by atoms with Gasteiger partial charge in [-0.15, -0.1) is 0 Å². The zero-order valence-electron chi connectivity index (χ0n) is 10.9. The van der Waals surface area contributed by atoms with E-state index in [1.54, 1.807) is 0 Å². The average Bonchev–Trinajstić information content (AvgIpc) is 2.39. The quantitative estimate of drug-likeness (QED) is 0.782. The van der Waals surface area contributed by atoms with Crippen LogP contribution in [0.1, 0.15) is 20.3 Å². The summed E-state index contributed by atoms with van der Waals surface area (Å²) in [5, 5.41) is 11.6. The van der Waals surface area contributed by atoms with E-state index in [1.165, 1.54) is 0 Å². The number of rotatable bonds is 6. The van der Waals surface area contributed by atoms with E-state index < -0.39 is 0 Å². The van der Waals surface area contributed by atoms with E-state index in [1.807, 2.05) is 49.1 Å². The second kappa shape index (κ2) is 7.46. The van der Waals surface area contributed by atoms with E-state index in [9.17, 15) is 4.79 Å². The first-order chi connectivity index (χ1) is 8.69. The van der Waals surface area contributed by atoms with Crippen molar-refractivity contribution in [3.63, 3.8) is 0 Å². The Kier molecular flexibility index (Phi) is 5.89. The number of carbonyl (C=O) groups is 1. The van der Waals surface area contributed by atoms with Crippen molar-refractivity contribution in [2.45, 2.75) is 26.3 Å². The van der Waals surface area contributed by atoms with Gasteiger partial charge in [0.1, 0.15) is 0 Å². The van der Waals surface area contributed by atoms with Crippen LogP contribution in [0.5, 0.6) is 0 Å². The fourth-order valence-corrected chi connectivity index (χ4v) is 1.72. The summed E-state index contributed by atoms with van der Waals surface area (Å²) in [4.78, 5) is 13.9. The first-order valence-electron chi connectivity index (χ1n) is 6.16. The molecule has 0 aromatic heterocycles. The number of nitrogens with zero attached hydrogens (tertiary/aromatic N) is 2. The van der Waals surface area contributed by atoms with Crippen molar-refractivity contribution in [1.82, 2.24) is 4.90 Å². The van der Waals surface area contributed by atoms with Crippen LogP contribution >= 0.6 is 0 Å². The molecule has 0 aliphatic carbocycles. The summed E-state index contributed by atoms with van der Waals surface area (Å²) in [6, 6.07) is 11.1. The maximum Gasteiger partial charge on any atom is 0.241 e. The number of amides is 1. The number of anilines is 1. The van der Waals surface area contributed by atoms with E-state index in [0.717, 1.165) is 18.7 Å². The zero-order valence-corrected chi connectivity index (χ0v) is 10.9. The first kappa shape index (κ1) is 14.2. The summed E-state index contributed by atoms with van der Waals surface area (Å²) >= 11 is 0. The SMILES string of the molecule is CCCN(CC#N)C(C)C(=O)Nc1ccccc1. The van der Waals surface area contributed by atoms with E-state index in [4.69, 9.17) is 5.26 Å². The lowest BCUT2D eigenvalue weighted by atomic mass is 10.2. The Labute approximate surface area is 108 Å². The number of hydrogen-bond acceptors (Lipinski definition) is 3. The van der Waals surface area contributed by atoms with Crippen molar-refractivity contribution in [3.05, 3.63) is 30.3 Å². The molecular formula is C14H19N3O. The Balaban J connectivity index is 2.62. The number of benzene rings is 1. The molecule has 0 heterocycles. The monoisotopic (exact) mass is 245 g/mol. The number of carbonyl (C=O) groups excluding carboxylic acids is 1. The van der Waals surface area contributed by atoms with Gasteiger partial charge in [0.2, 0.25) is 5.91 Å². The molecule has 0 bridgehead atoms. The van der Waals surface area contributed by atoms with Gasteiger partial charge in [-0.3, -0.25) is 9.69 Å². The van der Waals surface area contributed by atoms with Crippen molar-refractivity contribution in [1.29, 1.82) is 5.26 Å². The molecule has 1 amide bonds. The van der Waals surface area contributed by atoms with Crippen LogP contribution in [0.15, 0.2) is 30.3 Å². The molecule has 1 aromatic rings. The van der Waals surface area contributed by atoms with Crippen molar-refractivity contribution in [3.8, 4) is 6.07 Å². The molecule has 0 radical (unpaired) electrons. The van der Waals surface area contributed by atoms with Crippen molar-refractivity contribution in [2.24, 2.45) is 0 Å². The van der Waals surface area contributed by atoms with Crippen LogP contribution in [0.2, 0.25) is 0 Å². The molecule has 1 unspecified atom stereocenters. The Hall–Kier alpha value is -1.86. The maximum absolute atomic E-state index is 12.0. The first-order valence-corrected chi connectivity index (χ1v) is 6.16. The normalized spacial score (nSPS) is 11.9. The molecule has 4 heteroatoms. The maximum atomic E-state index is 12.0. The standard InChI is InChI=1S/C14H19N3O/c1-3-10-17(11-9-15)12(2)14(18)16-13-7-5-4-6-8-13/h4-8,12H,3,10-11H2,1-2H3,(H,16,18). The van der Waals surface area contributed by atoms with E-state index in [-0.39, 0.29) is 18.5 Å². The third kappa shape index (κ3) is 4.19. The molecule has 0 saturated carbocycles. The predicted octanol–water partition coefficient (Wildman–Crippen LogP) is 2.25. The van der Waals surface area contributed by atoms with Gasteiger partial charge in [0.05, 0.1) is 18.7 Å². The van der Waals surface area contributed by atoms with E-state index in [0.29, 0.717) is 0 Å². The Bertz CT molecular complexity index is 411. The highest BCUT2D eigenvalue weighted by atomic mass is 16.2. The Morgan fingerprint density at radius 1 is 1.44 bits per heavy atom. The largest absolute Gasteiger partial charge is 0.325 e. The fraction of sp³-hybridized carbons (Fsp3) is 0.429. The predicted molar refractivity (Wildman–Crippen MR) is 72.0 cm³/mol. The van der Waals surface area contributed by atoms with Crippen LogP contribution in [-0.4, -0.2) is 29.9 Å². The number of hydrogen-bond donors (Lipinski definition) is 1. The summed E-state index contributed by atoms with van der Waals surface area (Å²) in [5.74, 6) is -0.0788. The molecule has 0 aliphatic heterocycles. The van der Waals surface area contributed by atoms with Crippen molar-refractivity contribution >= 4 is 11.6 Å². The zero-order chi connectivity index (χ0) is 13.4. The highest BCUT2D eigenvalue weighted by Gasteiger charge is 2.20. The molecule has 1 atom stereocenters. The van der Waals surface area contributed by atoms with Gasteiger partial charge in [0.15, 0.2) is 0 Å². The van der Waals surface area contributed by atoms with Crippen molar-refractivity contribution in [2.75, 3.05) is 18.4 Å². The molecular weight excluding hydrogens is 226 g/mol. The topological polar surface area (TPSA) is 56.1 Å². The second-order valence-electron chi connectivity index (χ2n) is 4.16. The molecule has 0 fully saturated rings. The van der Waals surface area contributed by atoms with Gasteiger partial charge in [0.25, 0.3) is 0 Å². The summed E-state index contributed by atoms with van der Waals surface area (Å²) in [5.41, 5.74) is 0.780. The number of para-hydroxylation sites is 1. The molecule has 0 saturated heterocycles. The van der Waals surface area contributed by atoms with Gasteiger partial charge in [0, 0.05) is 5.69 Å². The van der Waals surface area contributed by atoms with Gasteiger partial charge < -0.3 is 5.32 Å². The lowest BCUT2D eigenvalue weighted by molar-refractivity contribution is -0.120. The molecule has 0 spiro atoms. The van der Waals surface area contributed by atoms with Gasteiger partial charge in [-0.1, -0.05) is 25.1 Å². The van der Waals surface area contributed by atoms with E-state index in [2.05, 4.69) is 11.4 Å². The van der Waals surface area contributed by atoms with Gasteiger partial charge in [-0.2, -0.15) is 5.26 Å². The molecule has 0 aliphatic rings. The summed E-state index contributed by atoms with van der Waals surface area (Å²) in [6.45, 7) is 4.88. The van der Waals surface area contributed by atoms with Crippen LogP contribution in [0.4, 0.5) is 5.69 Å². The minimum absolute atomic E-state index is 0.0788. The number of nitrogens with one attached hydrogen (secondary N) is 1. The molecule has 1 N–H and O–H groups in total. The van der Waals surface area contributed by atoms with Crippen molar-refractivity contribution < 1.29 is 4.79 Å². The Morgan fingerprint density at radius 3 is 2.67 bits per heavy atom. The van der Waals surface area contributed by atoms with Crippen LogP contribution in [-0.2, 0) is 4.79 Å². The molecule has 96 valence electrons. The molecule has 18 heavy (non-hydrogen) atoms. The highest BCUT2D eigenvalue weighted by molar-refractivity contribution is 5.94. The van der Waals surface area contributed by atoms with Crippen LogP contribution < -0.4 is 5.32 Å².